The van der Waals surface area contributed by atoms with E-state index in [1.165, 1.54) is 22.6 Å². The lowest BCUT2D eigenvalue weighted by Crippen LogP contribution is -2.25. The van der Waals surface area contributed by atoms with Gasteiger partial charge in [-0.25, -0.2) is 9.78 Å². The molecule has 0 radical (unpaired) electrons. The summed E-state index contributed by atoms with van der Waals surface area (Å²) in [5.74, 6) is -0.611. The number of benzene rings is 2. The molecule has 0 aliphatic carbocycles. The molecule has 2 aromatic carbocycles. The van der Waals surface area contributed by atoms with Crippen LogP contribution in [-0.4, -0.2) is 68.4 Å². The fraction of sp³-hybridized carbons (Fsp3) is 0.286. The third-order valence-corrected chi connectivity index (χ3v) is 6.20. The Morgan fingerprint density at radius 1 is 1.02 bits per heavy atom. The van der Waals surface area contributed by atoms with Crippen molar-refractivity contribution >= 4 is 28.9 Å². The van der Waals surface area contributed by atoms with Gasteiger partial charge < -0.3 is 30.0 Å². The summed E-state index contributed by atoms with van der Waals surface area (Å²) in [6, 6.07) is 10.0. The average molecular weight is 562 g/mol. The van der Waals surface area contributed by atoms with Crippen molar-refractivity contribution in [2.24, 2.45) is 11.7 Å². The molecular weight excluding hydrogens is 530 g/mol. The van der Waals surface area contributed by atoms with Crippen LogP contribution in [-0.2, 0) is 4.79 Å². The van der Waals surface area contributed by atoms with Gasteiger partial charge in [-0.05, 0) is 49.2 Å². The fourth-order valence-corrected chi connectivity index (χ4v) is 4.27. The van der Waals surface area contributed by atoms with Gasteiger partial charge in [0.05, 0.1) is 7.11 Å². The zero-order chi connectivity index (χ0) is 30.0. The van der Waals surface area contributed by atoms with Crippen LogP contribution in [0.3, 0.4) is 0 Å². The van der Waals surface area contributed by atoms with Gasteiger partial charge >= 0.3 is 12.0 Å². The standard InChI is InChI=1S/C28H31N7O6/c1-14(2)22(27(37)38)35-15(3)31-21-24(35)32-28(41-20-13-16(23(29)30)10-11-19(20)39-6)33-25(21)40-18-9-7-8-17(12-18)26(36)34(4)5/h7-14,22H,1-6H3,(H3,29,30)(H,37,38). The number of carbonyl (C=O) groups is 2. The van der Waals surface area contributed by atoms with Gasteiger partial charge in [-0.15, -0.1) is 0 Å². The first-order chi connectivity index (χ1) is 19.4. The van der Waals surface area contributed by atoms with E-state index in [0.717, 1.165) is 0 Å². The van der Waals surface area contributed by atoms with Crippen LogP contribution in [0.2, 0.25) is 0 Å². The van der Waals surface area contributed by atoms with Crippen molar-refractivity contribution in [3.05, 3.63) is 59.4 Å². The highest BCUT2D eigenvalue weighted by Gasteiger charge is 2.30. The first kappa shape index (κ1) is 28.8. The molecule has 0 saturated carbocycles. The molecule has 0 aliphatic heterocycles. The van der Waals surface area contributed by atoms with Crippen molar-refractivity contribution in [1.29, 1.82) is 5.41 Å². The van der Waals surface area contributed by atoms with Crippen LogP contribution < -0.4 is 19.9 Å². The first-order valence-electron chi connectivity index (χ1n) is 12.6. The monoisotopic (exact) mass is 561 g/mol. The van der Waals surface area contributed by atoms with E-state index in [4.69, 9.17) is 25.4 Å². The van der Waals surface area contributed by atoms with Crippen molar-refractivity contribution in [3.63, 3.8) is 0 Å². The SMILES string of the molecule is COc1ccc(C(=N)N)cc1Oc1nc(Oc2cccc(C(=O)N(C)C)c2)c2nc(C)n(C(C(=O)O)C(C)C)c2n1. The molecule has 0 fully saturated rings. The lowest BCUT2D eigenvalue weighted by molar-refractivity contribution is -0.142. The van der Waals surface area contributed by atoms with E-state index in [1.807, 2.05) is 0 Å². The lowest BCUT2D eigenvalue weighted by Gasteiger charge is -2.20. The maximum Gasteiger partial charge on any atom is 0.327 e. The largest absolute Gasteiger partial charge is 0.493 e. The molecule has 4 N–H and O–H groups in total. The van der Waals surface area contributed by atoms with Crippen LogP contribution in [0.1, 0.15) is 41.6 Å². The number of ether oxygens (including phenoxy) is 3. The molecule has 214 valence electrons. The topological polar surface area (TPSA) is 179 Å². The molecule has 4 rings (SSSR count). The first-order valence-corrected chi connectivity index (χ1v) is 12.6. The molecule has 41 heavy (non-hydrogen) atoms. The van der Waals surface area contributed by atoms with E-state index in [1.54, 1.807) is 71.3 Å². The predicted molar refractivity (Wildman–Crippen MR) is 150 cm³/mol. The van der Waals surface area contributed by atoms with Crippen LogP contribution in [0.5, 0.6) is 29.1 Å². The Morgan fingerprint density at radius 3 is 2.37 bits per heavy atom. The minimum absolute atomic E-state index is 0.0177. The van der Waals surface area contributed by atoms with Gasteiger partial charge in [-0.3, -0.25) is 14.8 Å². The molecule has 0 spiro atoms. The van der Waals surface area contributed by atoms with Crippen LogP contribution in [0.4, 0.5) is 0 Å². The third kappa shape index (κ3) is 5.88. The van der Waals surface area contributed by atoms with E-state index < -0.39 is 12.0 Å². The molecule has 0 aliphatic rings. The summed E-state index contributed by atoms with van der Waals surface area (Å²) in [6.07, 6.45) is 0. The van der Waals surface area contributed by atoms with Crippen LogP contribution in [0, 0.1) is 18.3 Å². The number of nitrogens with zero attached hydrogens (tertiary/aromatic N) is 5. The molecule has 4 aromatic rings. The molecule has 0 saturated heterocycles. The molecule has 13 heteroatoms. The summed E-state index contributed by atoms with van der Waals surface area (Å²) in [5.41, 5.74) is 6.81. The van der Waals surface area contributed by atoms with Gasteiger partial charge in [0, 0.05) is 25.2 Å². The van der Waals surface area contributed by atoms with Crippen molar-refractivity contribution in [1.82, 2.24) is 24.4 Å². The maximum atomic E-state index is 12.5. The number of hydrogen-bond acceptors (Lipinski definition) is 9. The van der Waals surface area contributed by atoms with E-state index in [-0.39, 0.29) is 46.5 Å². The number of nitrogens with one attached hydrogen (secondary N) is 1. The number of hydrogen-bond donors (Lipinski definition) is 3. The van der Waals surface area contributed by atoms with Crippen molar-refractivity contribution in [2.45, 2.75) is 26.8 Å². The van der Waals surface area contributed by atoms with Crippen molar-refractivity contribution in [2.75, 3.05) is 21.2 Å². The number of amides is 1. The molecule has 2 heterocycles. The zero-order valence-corrected chi connectivity index (χ0v) is 23.5. The lowest BCUT2D eigenvalue weighted by atomic mass is 10.0. The van der Waals surface area contributed by atoms with E-state index >= 15 is 0 Å². The van der Waals surface area contributed by atoms with Gasteiger partial charge in [0.1, 0.15) is 23.5 Å². The highest BCUT2D eigenvalue weighted by atomic mass is 16.5. The summed E-state index contributed by atoms with van der Waals surface area (Å²) in [6.45, 7) is 5.23. The molecular formula is C28H31N7O6. The number of imidazole rings is 1. The number of amidine groups is 1. The number of aromatic nitrogens is 4. The number of nitrogens with two attached hydrogens (primary N) is 1. The van der Waals surface area contributed by atoms with Crippen LogP contribution in [0.25, 0.3) is 11.2 Å². The summed E-state index contributed by atoms with van der Waals surface area (Å²) >= 11 is 0. The van der Waals surface area contributed by atoms with E-state index in [2.05, 4.69) is 15.0 Å². The van der Waals surface area contributed by atoms with Crippen molar-refractivity contribution < 1.29 is 28.9 Å². The Kier molecular flexibility index (Phi) is 8.08. The highest BCUT2D eigenvalue weighted by molar-refractivity contribution is 5.95. The Balaban J connectivity index is 1.91. The smallest absolute Gasteiger partial charge is 0.327 e. The number of fused-ring (bicyclic) bond motifs is 1. The van der Waals surface area contributed by atoms with Crippen LogP contribution in [0.15, 0.2) is 42.5 Å². The molecule has 1 unspecified atom stereocenters. The van der Waals surface area contributed by atoms with E-state index in [9.17, 15) is 14.7 Å². The molecule has 0 bridgehead atoms. The minimum Gasteiger partial charge on any atom is -0.493 e. The molecule has 2 aromatic heterocycles. The van der Waals surface area contributed by atoms with Gasteiger partial charge in [0.25, 0.3) is 11.8 Å². The van der Waals surface area contributed by atoms with Gasteiger partial charge in [0.15, 0.2) is 22.7 Å². The zero-order valence-electron chi connectivity index (χ0n) is 23.5. The summed E-state index contributed by atoms with van der Waals surface area (Å²) < 4.78 is 19.0. The summed E-state index contributed by atoms with van der Waals surface area (Å²) in [5, 5.41) is 17.8. The quantitative estimate of drug-likeness (QED) is 0.189. The number of carboxylic acids is 1. The van der Waals surface area contributed by atoms with E-state index in [0.29, 0.717) is 28.5 Å². The molecule has 1 atom stereocenters. The summed E-state index contributed by atoms with van der Waals surface area (Å²) in [4.78, 5) is 39.8. The maximum absolute atomic E-state index is 12.5. The fourth-order valence-electron chi connectivity index (χ4n) is 4.27. The number of methoxy groups -OCH3 is 1. The minimum atomic E-state index is -1.06. The van der Waals surface area contributed by atoms with Gasteiger partial charge in [-0.2, -0.15) is 9.97 Å². The Hall–Kier alpha value is -5.20. The second-order valence-corrected chi connectivity index (χ2v) is 9.75. The average Bonchev–Trinajstić information content (AvgIpc) is 3.23. The van der Waals surface area contributed by atoms with Crippen LogP contribution >= 0.6 is 0 Å². The predicted octanol–water partition coefficient (Wildman–Crippen LogP) is 4.00. The second-order valence-electron chi connectivity index (χ2n) is 9.75. The van der Waals surface area contributed by atoms with Gasteiger partial charge in [-0.1, -0.05) is 19.9 Å². The van der Waals surface area contributed by atoms with Gasteiger partial charge in [0.2, 0.25) is 0 Å². The third-order valence-electron chi connectivity index (χ3n) is 6.20. The number of aryl methyl sites for hydroxylation is 1. The normalized spacial score (nSPS) is 11.8. The number of rotatable bonds is 10. The molecule has 1 amide bonds. The number of nitrogen functional groups attached to an aromatic ring is 1. The highest BCUT2D eigenvalue weighted by Crippen LogP contribution is 2.36. The number of carboxylic acid groups (broad SMARTS) is 1. The Morgan fingerprint density at radius 2 is 1.76 bits per heavy atom. The Labute approximate surface area is 236 Å². The number of carbonyl (C=O) groups excluding carboxylic acids is 1. The Bertz CT molecular complexity index is 1650. The molecule has 13 nitrogen and oxygen atoms in total. The summed E-state index contributed by atoms with van der Waals surface area (Å²) in [7, 11) is 4.74. The van der Waals surface area contributed by atoms with Crippen molar-refractivity contribution in [3.8, 4) is 29.1 Å². The number of aliphatic carboxylic acids is 1. The second kappa shape index (κ2) is 11.5.